The highest BCUT2D eigenvalue weighted by atomic mass is 16.5. The second kappa shape index (κ2) is 10.6. The van der Waals surface area contributed by atoms with Crippen LogP contribution in [0.4, 0.5) is 0 Å². The van der Waals surface area contributed by atoms with Gasteiger partial charge in [0.15, 0.2) is 0 Å². The third kappa shape index (κ3) is 7.02. The maximum Gasteiger partial charge on any atom is 0.0589 e. The molecule has 0 unspecified atom stereocenters. The molecule has 0 amide bonds. The second-order valence-electron chi connectivity index (χ2n) is 6.25. The van der Waals surface area contributed by atoms with Crippen molar-refractivity contribution < 1.29 is 4.74 Å². The van der Waals surface area contributed by atoms with Gasteiger partial charge in [-0.1, -0.05) is 27.2 Å². The van der Waals surface area contributed by atoms with Gasteiger partial charge in [0.25, 0.3) is 0 Å². The van der Waals surface area contributed by atoms with Gasteiger partial charge in [-0.05, 0) is 5.92 Å². The minimum Gasteiger partial charge on any atom is -0.383 e. The van der Waals surface area contributed by atoms with Crippen LogP contribution in [-0.4, -0.2) is 87.3 Å². The first-order valence-corrected chi connectivity index (χ1v) is 8.35. The zero-order valence-electron chi connectivity index (χ0n) is 14.1. The molecule has 0 aromatic heterocycles. The maximum absolute atomic E-state index is 5.12. The molecule has 20 heavy (non-hydrogen) atoms. The van der Waals surface area contributed by atoms with Gasteiger partial charge in [0.2, 0.25) is 0 Å². The fourth-order valence-corrected chi connectivity index (χ4v) is 2.75. The molecule has 0 saturated carbocycles. The summed E-state index contributed by atoms with van der Waals surface area (Å²) in [5, 5.41) is 0. The molecule has 2 heterocycles. The summed E-state index contributed by atoms with van der Waals surface area (Å²) < 4.78 is 5.12. The molecule has 0 bridgehead atoms. The van der Waals surface area contributed by atoms with Gasteiger partial charge in [-0.15, -0.1) is 0 Å². The Morgan fingerprint density at radius 1 is 0.850 bits per heavy atom. The Kier molecular flexibility index (Phi) is 9.44. The summed E-state index contributed by atoms with van der Waals surface area (Å²) in [5.41, 5.74) is 0. The Morgan fingerprint density at radius 3 is 1.75 bits per heavy atom. The third-order valence-corrected chi connectivity index (χ3v) is 3.95. The van der Waals surface area contributed by atoms with Crippen LogP contribution in [0, 0.1) is 5.92 Å². The van der Waals surface area contributed by atoms with Gasteiger partial charge in [0.05, 0.1) is 6.61 Å². The van der Waals surface area contributed by atoms with E-state index in [0.717, 1.165) is 19.1 Å². The zero-order chi connectivity index (χ0) is 14.8. The molecular formula is C16H35N3O. The van der Waals surface area contributed by atoms with Crippen LogP contribution in [0.3, 0.4) is 0 Å². The van der Waals surface area contributed by atoms with Crippen LogP contribution >= 0.6 is 0 Å². The molecule has 120 valence electrons. The number of rotatable bonds is 6. The lowest BCUT2D eigenvalue weighted by Gasteiger charge is -2.40. The summed E-state index contributed by atoms with van der Waals surface area (Å²) in [4.78, 5) is 7.68. The van der Waals surface area contributed by atoms with E-state index >= 15 is 0 Å². The van der Waals surface area contributed by atoms with Crippen LogP contribution in [-0.2, 0) is 4.74 Å². The molecular weight excluding hydrogens is 250 g/mol. The number of hydrogen-bond acceptors (Lipinski definition) is 4. The van der Waals surface area contributed by atoms with Gasteiger partial charge in [0, 0.05) is 66.0 Å². The van der Waals surface area contributed by atoms with E-state index < -0.39 is 0 Å². The number of likely N-dealkylation sites (tertiary alicyclic amines) is 1. The first-order chi connectivity index (χ1) is 9.69. The first kappa shape index (κ1) is 17.9. The highest BCUT2D eigenvalue weighted by Crippen LogP contribution is 2.13. The number of ether oxygens (including phenoxy) is 1. The summed E-state index contributed by atoms with van der Waals surface area (Å²) in [5.74, 6) is 0.931. The minimum absolute atomic E-state index is 0.867. The average Bonchev–Trinajstić information content (AvgIpc) is 2.42. The fourth-order valence-electron chi connectivity index (χ4n) is 2.75. The van der Waals surface area contributed by atoms with Crippen molar-refractivity contribution in [3.05, 3.63) is 0 Å². The molecule has 0 aliphatic carbocycles. The van der Waals surface area contributed by atoms with Crippen LogP contribution in [0.15, 0.2) is 0 Å². The number of piperazine rings is 1. The van der Waals surface area contributed by atoms with Gasteiger partial charge < -0.3 is 9.64 Å². The predicted octanol–water partition coefficient (Wildman–Crippen LogP) is 1.62. The van der Waals surface area contributed by atoms with Crippen molar-refractivity contribution in [2.45, 2.75) is 27.2 Å². The monoisotopic (exact) mass is 285 g/mol. The quantitative estimate of drug-likeness (QED) is 0.738. The van der Waals surface area contributed by atoms with Gasteiger partial charge >= 0.3 is 0 Å². The SMILES string of the molecule is CCC.COCCN1CCN(CCN2CC(C)C2)CC1. The molecule has 2 aliphatic rings. The maximum atomic E-state index is 5.12. The predicted molar refractivity (Wildman–Crippen MR) is 86.3 cm³/mol. The molecule has 2 aliphatic heterocycles. The van der Waals surface area contributed by atoms with Gasteiger partial charge in [-0.3, -0.25) is 9.80 Å². The number of nitrogens with zero attached hydrogens (tertiary/aromatic N) is 3. The fraction of sp³-hybridized carbons (Fsp3) is 1.00. The van der Waals surface area contributed by atoms with Gasteiger partial charge in [-0.25, -0.2) is 0 Å². The number of hydrogen-bond donors (Lipinski definition) is 0. The van der Waals surface area contributed by atoms with E-state index in [9.17, 15) is 0 Å². The summed E-state index contributed by atoms with van der Waals surface area (Å²) in [6.45, 7) is 18.6. The molecule has 4 nitrogen and oxygen atoms in total. The topological polar surface area (TPSA) is 19.0 Å². The minimum atomic E-state index is 0.867. The second-order valence-corrected chi connectivity index (χ2v) is 6.25. The Morgan fingerprint density at radius 2 is 1.30 bits per heavy atom. The highest BCUT2D eigenvalue weighted by Gasteiger charge is 2.23. The van der Waals surface area contributed by atoms with Gasteiger partial charge in [0.1, 0.15) is 0 Å². The van der Waals surface area contributed by atoms with Crippen molar-refractivity contribution >= 4 is 0 Å². The summed E-state index contributed by atoms with van der Waals surface area (Å²) >= 11 is 0. The lowest BCUT2D eigenvalue weighted by atomic mass is 10.0. The highest BCUT2D eigenvalue weighted by molar-refractivity contribution is 4.78. The van der Waals surface area contributed by atoms with Gasteiger partial charge in [-0.2, -0.15) is 0 Å². The lowest BCUT2D eigenvalue weighted by molar-refractivity contribution is 0.0675. The Hall–Kier alpha value is -0.160. The Bertz CT molecular complexity index is 224. The van der Waals surface area contributed by atoms with E-state index in [1.54, 1.807) is 7.11 Å². The van der Waals surface area contributed by atoms with Crippen molar-refractivity contribution in [3.63, 3.8) is 0 Å². The van der Waals surface area contributed by atoms with Crippen LogP contribution < -0.4 is 0 Å². The van der Waals surface area contributed by atoms with E-state index in [4.69, 9.17) is 4.74 Å². The van der Waals surface area contributed by atoms with Crippen molar-refractivity contribution in [2.24, 2.45) is 5.92 Å². The summed E-state index contributed by atoms with van der Waals surface area (Å²) in [7, 11) is 1.78. The standard InChI is InChI=1S/C13H27N3O.C3H8/c1-13-11-16(12-13)8-7-14-3-5-15(6-4-14)9-10-17-2;1-3-2/h13H,3-12H2,1-2H3;3H2,1-2H3. The zero-order valence-corrected chi connectivity index (χ0v) is 14.1. The van der Waals surface area contributed by atoms with Crippen molar-refractivity contribution in [1.82, 2.24) is 14.7 Å². The Balaban J connectivity index is 0.000000612. The van der Waals surface area contributed by atoms with E-state index in [0.29, 0.717) is 0 Å². The summed E-state index contributed by atoms with van der Waals surface area (Å²) in [6, 6.07) is 0. The lowest BCUT2D eigenvalue weighted by Crippen LogP contribution is -2.52. The molecule has 0 radical (unpaired) electrons. The van der Waals surface area contributed by atoms with Crippen LogP contribution in [0.2, 0.25) is 0 Å². The average molecular weight is 285 g/mol. The molecule has 2 fully saturated rings. The molecule has 2 rings (SSSR count). The van der Waals surface area contributed by atoms with E-state index in [2.05, 4.69) is 35.5 Å². The van der Waals surface area contributed by atoms with Crippen molar-refractivity contribution in [3.8, 4) is 0 Å². The van der Waals surface area contributed by atoms with Crippen LogP contribution in [0.5, 0.6) is 0 Å². The number of methoxy groups -OCH3 is 1. The molecule has 0 atom stereocenters. The normalized spacial score (nSPS) is 22.2. The first-order valence-electron chi connectivity index (χ1n) is 8.35. The molecule has 2 saturated heterocycles. The molecule has 4 heteroatoms. The van der Waals surface area contributed by atoms with E-state index in [1.807, 2.05) is 0 Å². The van der Waals surface area contributed by atoms with Crippen LogP contribution in [0.25, 0.3) is 0 Å². The van der Waals surface area contributed by atoms with E-state index in [1.165, 1.54) is 58.8 Å². The van der Waals surface area contributed by atoms with E-state index in [-0.39, 0.29) is 0 Å². The largest absolute Gasteiger partial charge is 0.383 e. The molecule has 0 spiro atoms. The molecule has 0 N–H and O–H groups in total. The van der Waals surface area contributed by atoms with Crippen molar-refractivity contribution in [1.29, 1.82) is 0 Å². The smallest absolute Gasteiger partial charge is 0.0589 e. The molecule has 0 aromatic carbocycles. The summed E-state index contributed by atoms with van der Waals surface area (Å²) in [6.07, 6.45) is 1.25. The van der Waals surface area contributed by atoms with Crippen molar-refractivity contribution in [2.75, 3.05) is 72.6 Å². The molecule has 0 aromatic rings. The third-order valence-electron chi connectivity index (χ3n) is 3.95. The Labute approximate surface area is 126 Å². The van der Waals surface area contributed by atoms with Crippen LogP contribution in [0.1, 0.15) is 27.2 Å².